The second-order valence-electron chi connectivity index (χ2n) is 10.8. The second-order valence-corrected chi connectivity index (χ2v) is 10.8. The summed E-state index contributed by atoms with van der Waals surface area (Å²) in [7, 11) is 0. The van der Waals surface area contributed by atoms with Gasteiger partial charge in [0.2, 0.25) is 5.91 Å². The van der Waals surface area contributed by atoms with Gasteiger partial charge in [-0.25, -0.2) is 0 Å². The zero-order chi connectivity index (χ0) is 26.5. The maximum atomic E-state index is 11.7. The van der Waals surface area contributed by atoms with Crippen molar-refractivity contribution in [3.8, 4) is 0 Å². The third-order valence-electron chi connectivity index (χ3n) is 6.83. The minimum Gasteiger partial charge on any atom is -0.388 e. The first kappa shape index (κ1) is 28.0. The van der Waals surface area contributed by atoms with Gasteiger partial charge in [0, 0.05) is 6.92 Å². The molecule has 0 spiro atoms. The monoisotopic (exact) mass is 523 g/mol. The molecule has 1 amide bonds. The van der Waals surface area contributed by atoms with Crippen LogP contribution in [0.4, 0.5) is 0 Å². The van der Waals surface area contributed by atoms with E-state index in [-0.39, 0.29) is 19.1 Å². The van der Waals surface area contributed by atoms with Gasteiger partial charge in [-0.15, -0.1) is 0 Å². The molecule has 4 fully saturated rings. The molecule has 0 saturated carbocycles. The summed E-state index contributed by atoms with van der Waals surface area (Å²) in [6.07, 6.45) is -15.4. The Labute approximate surface area is 208 Å². The van der Waals surface area contributed by atoms with Crippen LogP contribution in [-0.2, 0) is 33.2 Å². The van der Waals surface area contributed by atoms with Gasteiger partial charge in [-0.2, -0.15) is 0 Å². The largest absolute Gasteiger partial charge is 0.388 e. The van der Waals surface area contributed by atoms with Crippen molar-refractivity contribution in [3.63, 3.8) is 0 Å². The zero-order valence-corrected chi connectivity index (χ0v) is 20.5. The van der Waals surface area contributed by atoms with Gasteiger partial charge in [0.25, 0.3) is 0 Å². The third kappa shape index (κ3) is 5.70. The number of amides is 1. The van der Waals surface area contributed by atoms with Gasteiger partial charge in [0.15, 0.2) is 18.9 Å². The molecule has 14 heteroatoms. The maximum Gasteiger partial charge on any atom is 0.217 e. The van der Waals surface area contributed by atoms with Gasteiger partial charge in [-0.3, -0.25) is 4.79 Å². The zero-order valence-electron chi connectivity index (χ0n) is 20.5. The highest BCUT2D eigenvalue weighted by Crippen LogP contribution is 2.39. The van der Waals surface area contributed by atoms with Gasteiger partial charge >= 0.3 is 0 Å². The van der Waals surface area contributed by atoms with E-state index in [9.17, 15) is 35.4 Å². The average Bonchev–Trinajstić information content (AvgIpc) is 3.57. The number of fused-ring (bicyclic) bond motifs is 1. The van der Waals surface area contributed by atoms with Crippen LogP contribution in [0.25, 0.3) is 0 Å². The molecule has 0 radical (unpaired) electrons. The van der Waals surface area contributed by atoms with Crippen LogP contribution in [0, 0.1) is 5.41 Å². The molecule has 4 aliphatic rings. The van der Waals surface area contributed by atoms with Gasteiger partial charge < -0.3 is 64.4 Å². The molecule has 4 rings (SSSR count). The third-order valence-corrected chi connectivity index (χ3v) is 6.83. The summed E-state index contributed by atoms with van der Waals surface area (Å²) in [4.78, 5) is 11.7. The first-order valence-corrected chi connectivity index (χ1v) is 12.0. The average molecular weight is 524 g/mol. The Hall–Kier alpha value is -1.01. The Bertz CT molecular complexity index is 780. The molecule has 36 heavy (non-hydrogen) atoms. The lowest BCUT2D eigenvalue weighted by molar-refractivity contribution is -0.336. The molecule has 0 aromatic rings. The number of carbonyl (C=O) groups is 1. The lowest BCUT2D eigenvalue weighted by Gasteiger charge is -2.48. The molecule has 4 heterocycles. The summed E-state index contributed by atoms with van der Waals surface area (Å²) in [5, 5.41) is 64.6. The number of hydrogen-bond donors (Lipinski definition) is 7. The molecule has 0 aromatic heterocycles. The van der Waals surface area contributed by atoms with Crippen LogP contribution in [0.5, 0.6) is 0 Å². The van der Waals surface area contributed by atoms with Crippen molar-refractivity contribution in [2.75, 3.05) is 13.2 Å². The Morgan fingerprint density at radius 2 is 1.61 bits per heavy atom. The SMILES string of the molecule is CC(=O)NC1C(O)[C@H](O)C(CO[C@@H]2OC3O[C@@H]3C(O)C2O[C@@H]2OC[C@@H](O)C(O)C2O)O[C@H]1C(C)(C)C. The van der Waals surface area contributed by atoms with E-state index < -0.39 is 91.4 Å². The van der Waals surface area contributed by atoms with Crippen LogP contribution in [0.3, 0.4) is 0 Å². The Morgan fingerprint density at radius 1 is 0.917 bits per heavy atom. The molecular weight excluding hydrogens is 486 g/mol. The van der Waals surface area contributed by atoms with Crippen molar-refractivity contribution >= 4 is 5.91 Å². The number of aliphatic hydroxyl groups is 6. The summed E-state index contributed by atoms with van der Waals surface area (Å²) in [6, 6.07) is -0.857. The molecule has 8 unspecified atom stereocenters. The lowest BCUT2D eigenvalue weighted by Crippen LogP contribution is -2.67. The van der Waals surface area contributed by atoms with Crippen molar-refractivity contribution in [2.24, 2.45) is 5.41 Å². The first-order chi connectivity index (χ1) is 16.8. The highest BCUT2D eigenvalue weighted by Gasteiger charge is 2.59. The van der Waals surface area contributed by atoms with Crippen LogP contribution in [0.15, 0.2) is 0 Å². The number of hydrogen-bond acceptors (Lipinski definition) is 13. The van der Waals surface area contributed by atoms with E-state index >= 15 is 0 Å². The Morgan fingerprint density at radius 3 is 2.25 bits per heavy atom. The molecular formula is C22H37NO13. The molecule has 14 atom stereocenters. The quantitative estimate of drug-likeness (QED) is 0.167. The van der Waals surface area contributed by atoms with Crippen molar-refractivity contribution in [1.29, 1.82) is 0 Å². The minimum absolute atomic E-state index is 0.290. The van der Waals surface area contributed by atoms with Gasteiger partial charge in [-0.1, -0.05) is 20.8 Å². The first-order valence-electron chi connectivity index (χ1n) is 12.0. The summed E-state index contributed by atoms with van der Waals surface area (Å²) >= 11 is 0. The molecule has 7 N–H and O–H groups in total. The van der Waals surface area contributed by atoms with E-state index in [0.717, 1.165) is 0 Å². The standard InChI is InChI=1S/C22H37NO13/c1-7(24)23-10-13(28)12(27)9(33-18(10)22(2,3)4)6-32-20-16(15(30)17-21(35-17)36-20)34-19-14(29)11(26)8(25)5-31-19/h8-21,25-30H,5-6H2,1-4H3,(H,23,24)/t8-,9?,10?,11?,12-,13?,14?,15?,16?,17-,18-,19+,20-,21?/m1/s1. The van der Waals surface area contributed by atoms with E-state index in [4.69, 9.17) is 28.4 Å². The Balaban J connectivity index is 1.44. The van der Waals surface area contributed by atoms with E-state index in [2.05, 4.69) is 5.32 Å². The topological polar surface area (TPSA) is 209 Å². The van der Waals surface area contributed by atoms with E-state index in [1.807, 2.05) is 20.8 Å². The van der Waals surface area contributed by atoms with Crippen LogP contribution in [-0.4, -0.2) is 136 Å². The van der Waals surface area contributed by atoms with Crippen LogP contribution in [0.2, 0.25) is 0 Å². The number of rotatable bonds is 6. The van der Waals surface area contributed by atoms with Crippen LogP contribution < -0.4 is 5.32 Å². The smallest absolute Gasteiger partial charge is 0.217 e. The van der Waals surface area contributed by atoms with Crippen LogP contribution in [0.1, 0.15) is 27.7 Å². The fourth-order valence-electron chi connectivity index (χ4n) is 4.78. The van der Waals surface area contributed by atoms with E-state index in [0.29, 0.717) is 0 Å². The van der Waals surface area contributed by atoms with Crippen molar-refractivity contribution < 1.29 is 63.9 Å². The normalized spacial score (nSPS) is 49.3. The highest BCUT2D eigenvalue weighted by atomic mass is 16.8. The van der Waals surface area contributed by atoms with Crippen LogP contribution >= 0.6 is 0 Å². The molecule has 0 bridgehead atoms. The van der Waals surface area contributed by atoms with Crippen molar-refractivity contribution in [1.82, 2.24) is 5.32 Å². The van der Waals surface area contributed by atoms with E-state index in [1.54, 1.807) is 0 Å². The van der Waals surface area contributed by atoms with E-state index in [1.165, 1.54) is 6.92 Å². The van der Waals surface area contributed by atoms with Gasteiger partial charge in [-0.05, 0) is 5.41 Å². The summed E-state index contributed by atoms with van der Waals surface area (Å²) in [5.74, 6) is -0.382. The van der Waals surface area contributed by atoms with Gasteiger partial charge in [0.05, 0.1) is 25.4 Å². The number of epoxide rings is 1. The fraction of sp³-hybridized carbons (Fsp3) is 0.955. The minimum atomic E-state index is -1.60. The number of aliphatic hydroxyl groups excluding tert-OH is 6. The molecule has 0 aliphatic carbocycles. The summed E-state index contributed by atoms with van der Waals surface area (Å²) in [6.45, 7) is 6.31. The maximum absolute atomic E-state index is 11.7. The molecule has 0 aromatic carbocycles. The van der Waals surface area contributed by atoms with Crippen molar-refractivity contribution in [3.05, 3.63) is 0 Å². The molecule has 4 aliphatic heterocycles. The highest BCUT2D eigenvalue weighted by molar-refractivity contribution is 5.73. The number of nitrogens with one attached hydrogen (secondary N) is 1. The summed E-state index contributed by atoms with van der Waals surface area (Å²) in [5.41, 5.74) is -0.523. The lowest BCUT2D eigenvalue weighted by atomic mass is 9.78. The predicted octanol–water partition coefficient (Wildman–Crippen LogP) is -3.69. The predicted molar refractivity (Wildman–Crippen MR) is 116 cm³/mol. The Kier molecular flexibility index (Phi) is 8.27. The molecule has 4 saturated heterocycles. The number of carbonyl (C=O) groups excluding carboxylic acids is 1. The molecule has 208 valence electrons. The van der Waals surface area contributed by atoms with Crippen molar-refractivity contribution in [2.45, 2.75) is 114 Å². The fourth-order valence-corrected chi connectivity index (χ4v) is 4.78. The molecule has 14 nitrogen and oxygen atoms in total. The summed E-state index contributed by atoms with van der Waals surface area (Å²) < 4.78 is 33.7. The second kappa shape index (κ2) is 10.6. The number of ether oxygens (including phenoxy) is 6. The van der Waals surface area contributed by atoms with Gasteiger partial charge in [0.1, 0.15) is 54.9 Å².